The van der Waals surface area contributed by atoms with Gasteiger partial charge in [0.2, 0.25) is 10.0 Å². The monoisotopic (exact) mass is 329 g/mol. The van der Waals surface area contributed by atoms with E-state index in [1.807, 2.05) is 0 Å². The number of rotatable bonds is 6. The molecule has 0 saturated heterocycles. The average Bonchev–Trinajstić information content (AvgIpc) is 2.27. The molecule has 0 heterocycles. The quantitative estimate of drug-likeness (QED) is 0.482. The molecule has 0 radical (unpaired) electrons. The van der Waals surface area contributed by atoms with Gasteiger partial charge in [0.15, 0.2) is 9.84 Å². The van der Waals surface area contributed by atoms with Gasteiger partial charge < -0.3 is 0 Å². The maximum absolute atomic E-state index is 13.5. The minimum Gasteiger partial charge on any atom is -0.224 e. The molecule has 19 heavy (non-hydrogen) atoms. The molecule has 5 nitrogen and oxygen atoms in total. The third-order valence-corrected chi connectivity index (χ3v) is 5.08. The summed E-state index contributed by atoms with van der Waals surface area (Å²) in [6, 6.07) is 2.63. The molecule has 0 spiro atoms. The standard InChI is InChI=1S/C10H13ClFNO4S2/c1-18(14,15)8-3-4-9(12)10(7-8)19(16,17)13-6-2-5-11/h3-4,7,13H,2,5-6H2,1H3. The molecule has 108 valence electrons. The number of nitrogens with one attached hydrogen (secondary N) is 1. The van der Waals surface area contributed by atoms with Gasteiger partial charge in [-0.3, -0.25) is 0 Å². The van der Waals surface area contributed by atoms with Crippen LogP contribution in [0.1, 0.15) is 6.42 Å². The van der Waals surface area contributed by atoms with Crippen molar-refractivity contribution < 1.29 is 21.2 Å². The summed E-state index contributed by atoms with van der Waals surface area (Å²) < 4.78 is 62.0. The van der Waals surface area contributed by atoms with Crippen molar-refractivity contribution in [3.63, 3.8) is 0 Å². The molecule has 1 aromatic rings. The van der Waals surface area contributed by atoms with Crippen LogP contribution in [0.15, 0.2) is 28.0 Å². The molecule has 0 fully saturated rings. The Balaban J connectivity index is 3.19. The molecule has 0 amide bonds. The molecule has 1 N–H and O–H groups in total. The van der Waals surface area contributed by atoms with Gasteiger partial charge in [0.25, 0.3) is 0 Å². The maximum Gasteiger partial charge on any atom is 0.243 e. The minimum absolute atomic E-state index is 0.0500. The van der Waals surface area contributed by atoms with E-state index in [1.54, 1.807) is 0 Å². The Bertz CT molecular complexity index is 658. The number of benzene rings is 1. The van der Waals surface area contributed by atoms with Crippen LogP contribution in [-0.4, -0.2) is 35.5 Å². The van der Waals surface area contributed by atoms with Gasteiger partial charge in [-0.1, -0.05) is 0 Å². The Morgan fingerprint density at radius 1 is 1.26 bits per heavy atom. The Morgan fingerprint density at radius 3 is 2.42 bits per heavy atom. The molecule has 1 rings (SSSR count). The molecule has 9 heteroatoms. The Labute approximate surface area is 116 Å². The third-order valence-electron chi connectivity index (χ3n) is 2.22. The predicted molar refractivity (Wildman–Crippen MR) is 70.0 cm³/mol. The molecule has 0 atom stereocenters. The Morgan fingerprint density at radius 2 is 1.89 bits per heavy atom. The summed E-state index contributed by atoms with van der Waals surface area (Å²) in [6.07, 6.45) is 1.30. The van der Waals surface area contributed by atoms with Gasteiger partial charge in [0.05, 0.1) is 4.90 Å². The van der Waals surface area contributed by atoms with Crippen LogP contribution in [0.2, 0.25) is 0 Å². The molecule has 0 aromatic heterocycles. The summed E-state index contributed by atoms with van der Waals surface area (Å²) in [7, 11) is -7.70. The summed E-state index contributed by atoms with van der Waals surface area (Å²) in [5.74, 6) is -0.750. The van der Waals surface area contributed by atoms with Crippen molar-refractivity contribution in [2.45, 2.75) is 16.2 Å². The zero-order valence-electron chi connectivity index (χ0n) is 10.1. The summed E-state index contributed by atoms with van der Waals surface area (Å²) >= 11 is 5.40. The number of alkyl halides is 1. The predicted octanol–water partition coefficient (Wildman–Crippen LogP) is 1.14. The zero-order valence-corrected chi connectivity index (χ0v) is 12.4. The van der Waals surface area contributed by atoms with E-state index in [9.17, 15) is 21.2 Å². The van der Waals surface area contributed by atoms with Crippen LogP contribution in [0.3, 0.4) is 0 Å². The number of hydrogen-bond donors (Lipinski definition) is 1. The first kappa shape index (κ1) is 16.4. The lowest BCUT2D eigenvalue weighted by Gasteiger charge is -2.08. The van der Waals surface area contributed by atoms with Gasteiger partial charge in [-0.25, -0.2) is 25.9 Å². The second kappa shape index (κ2) is 6.17. The molecular weight excluding hydrogens is 317 g/mol. The van der Waals surface area contributed by atoms with E-state index < -0.39 is 30.6 Å². The van der Waals surface area contributed by atoms with Gasteiger partial charge in [0, 0.05) is 18.7 Å². The maximum atomic E-state index is 13.5. The van der Waals surface area contributed by atoms with Crippen LogP contribution in [0.25, 0.3) is 0 Å². The lowest BCUT2D eigenvalue weighted by atomic mass is 10.3. The van der Waals surface area contributed by atoms with Crippen molar-refractivity contribution in [2.75, 3.05) is 18.7 Å². The summed E-state index contributed by atoms with van der Waals surface area (Å²) in [5, 5.41) is 0. The van der Waals surface area contributed by atoms with Gasteiger partial charge >= 0.3 is 0 Å². The van der Waals surface area contributed by atoms with Crippen LogP contribution >= 0.6 is 11.6 Å². The average molecular weight is 330 g/mol. The Kier molecular flexibility index (Phi) is 5.31. The molecule has 0 aliphatic carbocycles. The first-order valence-electron chi connectivity index (χ1n) is 5.24. The van der Waals surface area contributed by atoms with Crippen molar-refractivity contribution in [3.05, 3.63) is 24.0 Å². The molecule has 0 aliphatic rings. The SMILES string of the molecule is CS(=O)(=O)c1ccc(F)c(S(=O)(=O)NCCCCl)c1. The van der Waals surface area contributed by atoms with E-state index in [2.05, 4.69) is 4.72 Å². The van der Waals surface area contributed by atoms with Crippen LogP contribution in [0.5, 0.6) is 0 Å². The number of sulfone groups is 1. The highest BCUT2D eigenvalue weighted by Crippen LogP contribution is 2.19. The van der Waals surface area contributed by atoms with E-state index in [-0.39, 0.29) is 17.3 Å². The molecular formula is C10H13ClFNO4S2. The fraction of sp³-hybridized carbons (Fsp3) is 0.400. The minimum atomic E-state index is -4.09. The van der Waals surface area contributed by atoms with Gasteiger partial charge in [-0.05, 0) is 24.6 Å². The van der Waals surface area contributed by atoms with Gasteiger partial charge in [-0.15, -0.1) is 11.6 Å². The van der Waals surface area contributed by atoms with Crippen LogP contribution < -0.4 is 4.72 Å². The van der Waals surface area contributed by atoms with Crippen molar-refractivity contribution in [1.82, 2.24) is 4.72 Å². The summed E-state index contributed by atoms with van der Waals surface area (Å²) in [5.41, 5.74) is 0. The zero-order chi connectivity index (χ0) is 14.7. The molecule has 1 aromatic carbocycles. The third kappa shape index (κ3) is 4.41. The van der Waals surface area contributed by atoms with Gasteiger partial charge in [0.1, 0.15) is 10.7 Å². The lowest BCUT2D eigenvalue weighted by molar-refractivity contribution is 0.555. The van der Waals surface area contributed by atoms with Crippen LogP contribution in [-0.2, 0) is 19.9 Å². The van der Waals surface area contributed by atoms with Crippen molar-refractivity contribution in [3.8, 4) is 0 Å². The van der Waals surface area contributed by atoms with Crippen molar-refractivity contribution in [2.24, 2.45) is 0 Å². The summed E-state index contributed by atoms with van der Waals surface area (Å²) in [4.78, 5) is -0.948. The van der Waals surface area contributed by atoms with E-state index in [4.69, 9.17) is 11.6 Å². The van der Waals surface area contributed by atoms with Crippen molar-refractivity contribution in [1.29, 1.82) is 0 Å². The second-order valence-corrected chi connectivity index (χ2v) is 7.93. The summed E-state index contributed by atoms with van der Waals surface area (Å²) in [6.45, 7) is 0.0500. The normalized spacial score (nSPS) is 12.6. The largest absolute Gasteiger partial charge is 0.243 e. The van der Waals surface area contributed by atoms with E-state index in [1.165, 1.54) is 0 Å². The lowest BCUT2D eigenvalue weighted by Crippen LogP contribution is -2.26. The van der Waals surface area contributed by atoms with E-state index >= 15 is 0 Å². The molecule has 0 aliphatic heterocycles. The molecule has 0 unspecified atom stereocenters. The highest BCUT2D eigenvalue weighted by molar-refractivity contribution is 7.91. The van der Waals surface area contributed by atoms with Crippen molar-refractivity contribution >= 4 is 31.5 Å². The molecule has 0 bridgehead atoms. The molecule has 0 saturated carbocycles. The first-order chi connectivity index (χ1) is 8.68. The van der Waals surface area contributed by atoms with Crippen LogP contribution in [0, 0.1) is 5.82 Å². The topological polar surface area (TPSA) is 80.3 Å². The van der Waals surface area contributed by atoms with Crippen LogP contribution in [0.4, 0.5) is 4.39 Å². The van der Waals surface area contributed by atoms with E-state index in [0.29, 0.717) is 6.42 Å². The first-order valence-corrected chi connectivity index (χ1v) is 9.14. The fourth-order valence-corrected chi connectivity index (χ4v) is 3.30. The number of sulfonamides is 1. The number of hydrogen-bond acceptors (Lipinski definition) is 4. The Hall–Kier alpha value is -0.700. The smallest absolute Gasteiger partial charge is 0.224 e. The van der Waals surface area contributed by atoms with Gasteiger partial charge in [-0.2, -0.15) is 0 Å². The highest BCUT2D eigenvalue weighted by Gasteiger charge is 2.21. The second-order valence-electron chi connectivity index (χ2n) is 3.80. The number of halogens is 2. The highest BCUT2D eigenvalue weighted by atomic mass is 35.5. The fourth-order valence-electron chi connectivity index (χ4n) is 1.27. The van der Waals surface area contributed by atoms with E-state index in [0.717, 1.165) is 24.5 Å².